The Morgan fingerprint density at radius 2 is 1.65 bits per heavy atom. The molecule has 1 unspecified atom stereocenters. The zero-order valence-electron chi connectivity index (χ0n) is 18.4. The Hall–Kier alpha value is -2.37. The summed E-state index contributed by atoms with van der Waals surface area (Å²) in [5.74, 6) is 1.78. The Balaban J connectivity index is 1.28. The van der Waals surface area contributed by atoms with Crippen LogP contribution in [0.15, 0.2) is 30.3 Å². The molecule has 31 heavy (non-hydrogen) atoms. The molecule has 1 atom stereocenters. The van der Waals surface area contributed by atoms with Crippen LogP contribution in [-0.2, 0) is 19.1 Å². The second-order valence-corrected chi connectivity index (χ2v) is 9.74. The number of amides is 2. The molecule has 0 aromatic heterocycles. The summed E-state index contributed by atoms with van der Waals surface area (Å²) in [6, 6.07) is 8.99. The van der Waals surface area contributed by atoms with Gasteiger partial charge in [0.15, 0.2) is 0 Å². The van der Waals surface area contributed by atoms with Gasteiger partial charge in [-0.3, -0.25) is 14.4 Å². The van der Waals surface area contributed by atoms with Crippen LogP contribution in [0.5, 0.6) is 0 Å². The summed E-state index contributed by atoms with van der Waals surface area (Å²) in [5, 5.41) is 5.99. The monoisotopic (exact) mass is 426 g/mol. The van der Waals surface area contributed by atoms with Crippen LogP contribution in [0.2, 0.25) is 0 Å². The molecule has 0 aliphatic heterocycles. The van der Waals surface area contributed by atoms with Crippen molar-refractivity contribution in [1.82, 2.24) is 10.6 Å². The van der Waals surface area contributed by atoms with Crippen LogP contribution >= 0.6 is 0 Å². The SMILES string of the molecule is CCOC(=O)CC(NC(=O)CCNC(=O)C12CC3CC(CC(C3)C1)C2)c1ccccc1. The van der Waals surface area contributed by atoms with Crippen molar-refractivity contribution < 1.29 is 19.1 Å². The second-order valence-electron chi connectivity index (χ2n) is 9.74. The van der Waals surface area contributed by atoms with Gasteiger partial charge in [-0.25, -0.2) is 0 Å². The van der Waals surface area contributed by atoms with Crippen molar-refractivity contribution in [2.24, 2.45) is 23.2 Å². The lowest BCUT2D eigenvalue weighted by Crippen LogP contribution is -2.53. The Kier molecular flexibility index (Phi) is 6.63. The van der Waals surface area contributed by atoms with E-state index in [1.54, 1.807) is 6.92 Å². The highest BCUT2D eigenvalue weighted by atomic mass is 16.5. The highest BCUT2D eigenvalue weighted by molar-refractivity contribution is 5.84. The maximum atomic E-state index is 13.0. The summed E-state index contributed by atoms with van der Waals surface area (Å²) in [6.07, 6.45) is 7.25. The van der Waals surface area contributed by atoms with Gasteiger partial charge in [-0.15, -0.1) is 0 Å². The molecule has 168 valence electrons. The quantitative estimate of drug-likeness (QED) is 0.592. The van der Waals surface area contributed by atoms with Crippen LogP contribution in [0.1, 0.15) is 69.9 Å². The zero-order chi connectivity index (χ0) is 21.8. The molecule has 4 bridgehead atoms. The van der Waals surface area contributed by atoms with Gasteiger partial charge in [0, 0.05) is 18.4 Å². The van der Waals surface area contributed by atoms with Crippen molar-refractivity contribution in [3.8, 4) is 0 Å². The third kappa shape index (κ3) is 5.10. The van der Waals surface area contributed by atoms with Gasteiger partial charge in [0.2, 0.25) is 11.8 Å². The van der Waals surface area contributed by atoms with Gasteiger partial charge in [0.1, 0.15) is 0 Å². The number of ether oxygens (including phenoxy) is 1. The maximum Gasteiger partial charge on any atom is 0.308 e. The molecular formula is C25H34N2O4. The molecule has 4 aliphatic carbocycles. The lowest BCUT2D eigenvalue weighted by molar-refractivity contribution is -0.146. The Morgan fingerprint density at radius 3 is 2.23 bits per heavy atom. The average Bonchev–Trinajstić information content (AvgIpc) is 2.73. The highest BCUT2D eigenvalue weighted by Gasteiger charge is 2.54. The fraction of sp³-hybridized carbons (Fsp3) is 0.640. The molecule has 2 N–H and O–H groups in total. The highest BCUT2D eigenvalue weighted by Crippen LogP contribution is 2.60. The summed E-state index contributed by atoms with van der Waals surface area (Å²) in [4.78, 5) is 37.6. The van der Waals surface area contributed by atoms with Gasteiger partial charge in [0.05, 0.1) is 19.1 Å². The molecule has 0 spiro atoms. The molecule has 0 saturated heterocycles. The van der Waals surface area contributed by atoms with Crippen molar-refractivity contribution in [2.75, 3.05) is 13.2 Å². The van der Waals surface area contributed by atoms with Gasteiger partial charge >= 0.3 is 5.97 Å². The van der Waals surface area contributed by atoms with Crippen molar-refractivity contribution in [1.29, 1.82) is 0 Å². The first-order valence-corrected chi connectivity index (χ1v) is 11.8. The Labute approximate surface area is 184 Å². The molecule has 4 aliphatic rings. The third-order valence-electron chi connectivity index (χ3n) is 7.37. The number of carbonyl (C=O) groups excluding carboxylic acids is 3. The predicted octanol–water partition coefficient (Wildman–Crippen LogP) is 3.52. The molecule has 2 amide bonds. The normalized spacial score (nSPS) is 29.3. The molecule has 0 radical (unpaired) electrons. The van der Waals surface area contributed by atoms with E-state index in [4.69, 9.17) is 4.74 Å². The number of nitrogens with one attached hydrogen (secondary N) is 2. The Bertz CT molecular complexity index is 772. The molecule has 0 heterocycles. The topological polar surface area (TPSA) is 84.5 Å². The zero-order valence-corrected chi connectivity index (χ0v) is 18.4. The summed E-state index contributed by atoms with van der Waals surface area (Å²) in [7, 11) is 0. The summed E-state index contributed by atoms with van der Waals surface area (Å²) in [6.45, 7) is 2.40. The number of hydrogen-bond acceptors (Lipinski definition) is 4. The molecule has 6 heteroatoms. The van der Waals surface area contributed by atoms with E-state index in [0.717, 1.165) is 42.6 Å². The lowest BCUT2D eigenvalue weighted by atomic mass is 9.49. The number of hydrogen-bond donors (Lipinski definition) is 2. The van der Waals surface area contributed by atoms with Crippen LogP contribution in [0.3, 0.4) is 0 Å². The lowest BCUT2D eigenvalue weighted by Gasteiger charge is -2.55. The van der Waals surface area contributed by atoms with Gasteiger partial charge < -0.3 is 15.4 Å². The molecule has 4 saturated carbocycles. The van der Waals surface area contributed by atoms with E-state index >= 15 is 0 Å². The van der Waals surface area contributed by atoms with Crippen molar-refractivity contribution in [2.45, 2.75) is 64.3 Å². The summed E-state index contributed by atoms with van der Waals surface area (Å²) in [5.41, 5.74) is 0.670. The van der Waals surface area contributed by atoms with Crippen LogP contribution in [0.4, 0.5) is 0 Å². The predicted molar refractivity (Wildman–Crippen MR) is 117 cm³/mol. The van der Waals surface area contributed by atoms with Crippen molar-refractivity contribution in [3.05, 3.63) is 35.9 Å². The van der Waals surface area contributed by atoms with E-state index in [1.165, 1.54) is 19.3 Å². The minimum absolute atomic E-state index is 0.0865. The van der Waals surface area contributed by atoms with Crippen LogP contribution in [0, 0.1) is 23.2 Å². The first kappa shape index (κ1) is 21.8. The maximum absolute atomic E-state index is 13.0. The first-order chi connectivity index (χ1) is 15.0. The smallest absolute Gasteiger partial charge is 0.308 e. The largest absolute Gasteiger partial charge is 0.466 e. The minimum Gasteiger partial charge on any atom is -0.466 e. The van der Waals surface area contributed by atoms with E-state index in [-0.39, 0.29) is 36.0 Å². The van der Waals surface area contributed by atoms with E-state index in [9.17, 15) is 14.4 Å². The number of esters is 1. The molecular weight excluding hydrogens is 392 g/mol. The molecule has 1 aromatic carbocycles. The van der Waals surface area contributed by atoms with Crippen molar-refractivity contribution >= 4 is 17.8 Å². The van der Waals surface area contributed by atoms with Crippen LogP contribution < -0.4 is 10.6 Å². The second kappa shape index (κ2) is 9.41. The van der Waals surface area contributed by atoms with E-state index in [1.807, 2.05) is 30.3 Å². The minimum atomic E-state index is -0.438. The molecule has 6 nitrogen and oxygen atoms in total. The van der Waals surface area contributed by atoms with Crippen LogP contribution in [0.25, 0.3) is 0 Å². The Morgan fingerprint density at radius 1 is 1.03 bits per heavy atom. The van der Waals surface area contributed by atoms with Crippen molar-refractivity contribution in [3.63, 3.8) is 0 Å². The average molecular weight is 427 g/mol. The van der Waals surface area contributed by atoms with E-state index < -0.39 is 6.04 Å². The van der Waals surface area contributed by atoms with Gasteiger partial charge in [-0.1, -0.05) is 30.3 Å². The number of rotatable bonds is 9. The number of benzene rings is 1. The van der Waals surface area contributed by atoms with E-state index in [0.29, 0.717) is 13.2 Å². The summed E-state index contributed by atoms with van der Waals surface area (Å²) >= 11 is 0. The van der Waals surface area contributed by atoms with Gasteiger partial charge in [-0.2, -0.15) is 0 Å². The van der Waals surface area contributed by atoms with Gasteiger partial charge in [-0.05, 0) is 68.8 Å². The van der Waals surface area contributed by atoms with Gasteiger partial charge in [0.25, 0.3) is 0 Å². The van der Waals surface area contributed by atoms with E-state index in [2.05, 4.69) is 10.6 Å². The summed E-state index contributed by atoms with van der Waals surface area (Å²) < 4.78 is 5.06. The molecule has 4 fully saturated rings. The fourth-order valence-electron chi connectivity index (χ4n) is 6.46. The first-order valence-electron chi connectivity index (χ1n) is 11.8. The standard InChI is InChI=1S/C25H34N2O4/c1-2-31-23(29)13-21(20-6-4-3-5-7-20)27-22(28)8-9-26-24(30)25-14-17-10-18(15-25)12-19(11-17)16-25/h3-7,17-19,21H,2,8-16H2,1H3,(H,26,30)(H,27,28). The van der Waals surface area contributed by atoms with Crippen LogP contribution in [-0.4, -0.2) is 30.9 Å². The third-order valence-corrected chi connectivity index (χ3v) is 7.37. The molecule has 1 aromatic rings. The fourth-order valence-corrected chi connectivity index (χ4v) is 6.46. The number of carbonyl (C=O) groups is 3. The molecule has 5 rings (SSSR count).